The summed E-state index contributed by atoms with van der Waals surface area (Å²) in [7, 11) is 1.91. The van der Waals surface area contributed by atoms with Crippen LogP contribution in [0.5, 0.6) is 0 Å². The van der Waals surface area contributed by atoms with Gasteiger partial charge in [0.15, 0.2) is 0 Å². The lowest BCUT2D eigenvalue weighted by atomic mass is 10.0. The van der Waals surface area contributed by atoms with Crippen LogP contribution in [0, 0.1) is 0 Å². The Balaban J connectivity index is 2.51. The number of aromatic nitrogens is 1. The van der Waals surface area contributed by atoms with Gasteiger partial charge in [-0.15, -0.1) is 0 Å². The van der Waals surface area contributed by atoms with Gasteiger partial charge >= 0.3 is 0 Å². The molecular weight excluding hydrogens is 220 g/mol. The van der Waals surface area contributed by atoms with E-state index in [1.165, 1.54) is 0 Å². The third-order valence-electron chi connectivity index (χ3n) is 2.40. The first-order valence-electron chi connectivity index (χ1n) is 5.16. The maximum absolute atomic E-state index is 6.18. The lowest BCUT2D eigenvalue weighted by Gasteiger charge is -2.09. The van der Waals surface area contributed by atoms with Gasteiger partial charge in [0.1, 0.15) is 0 Å². The fourth-order valence-electron chi connectivity index (χ4n) is 1.67. The van der Waals surface area contributed by atoms with Gasteiger partial charge in [-0.2, -0.15) is 0 Å². The molecule has 2 nitrogen and oxygen atoms in total. The number of rotatable bonds is 3. The maximum Gasteiger partial charge on any atom is 0.0620 e. The summed E-state index contributed by atoms with van der Waals surface area (Å²) in [6, 6.07) is 11.8. The average molecular weight is 233 g/mol. The molecule has 82 valence electrons. The van der Waals surface area contributed by atoms with Gasteiger partial charge in [-0.25, -0.2) is 0 Å². The molecule has 1 heterocycles. The Morgan fingerprint density at radius 3 is 2.62 bits per heavy atom. The largest absolute Gasteiger partial charge is 0.314 e. The lowest BCUT2D eigenvalue weighted by molar-refractivity contribution is 0.793. The van der Waals surface area contributed by atoms with Gasteiger partial charge in [0.25, 0.3) is 0 Å². The third kappa shape index (κ3) is 2.23. The Bertz CT molecular complexity index is 483. The highest BCUT2D eigenvalue weighted by Gasteiger charge is 2.07. The van der Waals surface area contributed by atoms with Crippen molar-refractivity contribution in [1.29, 1.82) is 0 Å². The van der Waals surface area contributed by atoms with Crippen molar-refractivity contribution < 1.29 is 0 Å². The first-order valence-corrected chi connectivity index (χ1v) is 5.54. The van der Waals surface area contributed by atoms with Crippen LogP contribution in [-0.2, 0) is 6.54 Å². The number of halogens is 1. The molecule has 0 saturated carbocycles. The number of benzene rings is 1. The molecule has 0 bridgehead atoms. The van der Waals surface area contributed by atoms with Gasteiger partial charge in [-0.3, -0.25) is 4.98 Å². The minimum absolute atomic E-state index is 0.737. The Labute approximate surface area is 100 Å². The molecule has 0 atom stereocenters. The van der Waals surface area contributed by atoms with Crippen molar-refractivity contribution in [3.8, 4) is 11.1 Å². The molecule has 16 heavy (non-hydrogen) atoms. The second kappa shape index (κ2) is 5.10. The summed E-state index contributed by atoms with van der Waals surface area (Å²) < 4.78 is 0. The van der Waals surface area contributed by atoms with E-state index in [0.29, 0.717) is 0 Å². The predicted octanol–water partition coefficient (Wildman–Crippen LogP) is 3.12. The van der Waals surface area contributed by atoms with Crippen LogP contribution in [0.4, 0.5) is 0 Å². The van der Waals surface area contributed by atoms with Crippen LogP contribution in [0.1, 0.15) is 5.69 Å². The molecule has 1 aromatic carbocycles. The van der Waals surface area contributed by atoms with Crippen LogP contribution >= 0.6 is 11.6 Å². The molecule has 0 amide bonds. The number of hydrogen-bond acceptors (Lipinski definition) is 2. The summed E-state index contributed by atoms with van der Waals surface area (Å²) in [6.07, 6.45) is 1.80. The minimum atomic E-state index is 0.737. The first-order chi connectivity index (χ1) is 7.83. The van der Waals surface area contributed by atoms with Crippen LogP contribution in [0.3, 0.4) is 0 Å². The highest BCUT2D eigenvalue weighted by atomic mass is 35.5. The molecule has 0 spiro atoms. The van der Waals surface area contributed by atoms with Crippen molar-refractivity contribution in [1.82, 2.24) is 10.3 Å². The molecule has 0 aliphatic heterocycles. The predicted molar refractivity (Wildman–Crippen MR) is 67.4 cm³/mol. The van der Waals surface area contributed by atoms with Gasteiger partial charge in [-0.1, -0.05) is 35.9 Å². The molecule has 1 aromatic heterocycles. The second-order valence-electron chi connectivity index (χ2n) is 3.51. The Hall–Kier alpha value is -1.38. The third-order valence-corrected chi connectivity index (χ3v) is 2.73. The Morgan fingerprint density at radius 1 is 1.12 bits per heavy atom. The molecule has 0 unspecified atom stereocenters. The SMILES string of the molecule is CNCc1ncccc1-c1ccccc1Cl. The summed E-state index contributed by atoms with van der Waals surface area (Å²) >= 11 is 6.18. The monoisotopic (exact) mass is 232 g/mol. The number of nitrogens with one attached hydrogen (secondary N) is 1. The van der Waals surface area contributed by atoms with E-state index in [0.717, 1.165) is 28.4 Å². The van der Waals surface area contributed by atoms with E-state index >= 15 is 0 Å². The van der Waals surface area contributed by atoms with E-state index in [-0.39, 0.29) is 0 Å². The molecule has 0 aliphatic rings. The summed E-state index contributed by atoms with van der Waals surface area (Å²) in [5.41, 5.74) is 3.13. The number of pyridine rings is 1. The zero-order valence-corrected chi connectivity index (χ0v) is 9.83. The smallest absolute Gasteiger partial charge is 0.0620 e. The van der Waals surface area contributed by atoms with Crippen LogP contribution in [0.2, 0.25) is 5.02 Å². The zero-order valence-electron chi connectivity index (χ0n) is 9.07. The van der Waals surface area contributed by atoms with Crippen LogP contribution in [0.15, 0.2) is 42.6 Å². The van der Waals surface area contributed by atoms with E-state index in [2.05, 4.69) is 10.3 Å². The molecule has 0 fully saturated rings. The fraction of sp³-hybridized carbons (Fsp3) is 0.154. The second-order valence-corrected chi connectivity index (χ2v) is 3.92. The van der Waals surface area contributed by atoms with Crippen molar-refractivity contribution in [2.24, 2.45) is 0 Å². The molecule has 0 aliphatic carbocycles. The molecule has 1 N–H and O–H groups in total. The normalized spacial score (nSPS) is 10.4. The van der Waals surface area contributed by atoms with Crippen molar-refractivity contribution >= 4 is 11.6 Å². The molecule has 0 saturated heterocycles. The highest BCUT2D eigenvalue weighted by Crippen LogP contribution is 2.29. The maximum atomic E-state index is 6.18. The first kappa shape index (κ1) is 11.1. The van der Waals surface area contributed by atoms with E-state index < -0.39 is 0 Å². The van der Waals surface area contributed by atoms with Crippen molar-refractivity contribution in [2.45, 2.75) is 6.54 Å². The van der Waals surface area contributed by atoms with Crippen molar-refractivity contribution in [3.05, 3.63) is 53.3 Å². The fourth-order valence-corrected chi connectivity index (χ4v) is 1.91. The molecular formula is C13H13ClN2. The van der Waals surface area contributed by atoms with Crippen LogP contribution < -0.4 is 5.32 Å². The Morgan fingerprint density at radius 2 is 1.88 bits per heavy atom. The number of hydrogen-bond donors (Lipinski definition) is 1. The van der Waals surface area contributed by atoms with Gasteiger partial charge in [0.05, 0.1) is 5.69 Å². The van der Waals surface area contributed by atoms with E-state index in [4.69, 9.17) is 11.6 Å². The van der Waals surface area contributed by atoms with E-state index in [1.807, 2.05) is 43.4 Å². The van der Waals surface area contributed by atoms with Gasteiger partial charge < -0.3 is 5.32 Å². The summed E-state index contributed by atoms with van der Waals surface area (Å²) in [6.45, 7) is 0.737. The van der Waals surface area contributed by atoms with Gasteiger partial charge in [0, 0.05) is 28.9 Å². The molecule has 2 aromatic rings. The molecule has 2 rings (SSSR count). The quantitative estimate of drug-likeness (QED) is 0.880. The van der Waals surface area contributed by atoms with E-state index in [1.54, 1.807) is 6.20 Å². The van der Waals surface area contributed by atoms with Gasteiger partial charge in [-0.05, 0) is 19.2 Å². The number of nitrogens with zero attached hydrogens (tertiary/aromatic N) is 1. The highest BCUT2D eigenvalue weighted by molar-refractivity contribution is 6.33. The van der Waals surface area contributed by atoms with Crippen molar-refractivity contribution in [3.63, 3.8) is 0 Å². The molecule has 0 radical (unpaired) electrons. The zero-order chi connectivity index (χ0) is 11.4. The lowest BCUT2D eigenvalue weighted by Crippen LogP contribution is -2.08. The van der Waals surface area contributed by atoms with Gasteiger partial charge in [0.2, 0.25) is 0 Å². The average Bonchev–Trinajstić information content (AvgIpc) is 2.31. The summed E-state index contributed by atoms with van der Waals surface area (Å²) in [5, 5.41) is 3.87. The van der Waals surface area contributed by atoms with Crippen LogP contribution in [-0.4, -0.2) is 12.0 Å². The molecule has 3 heteroatoms. The Kier molecular flexibility index (Phi) is 3.54. The van der Waals surface area contributed by atoms with E-state index in [9.17, 15) is 0 Å². The summed E-state index contributed by atoms with van der Waals surface area (Å²) in [5.74, 6) is 0. The van der Waals surface area contributed by atoms with Crippen molar-refractivity contribution in [2.75, 3.05) is 7.05 Å². The van der Waals surface area contributed by atoms with Crippen LogP contribution in [0.25, 0.3) is 11.1 Å². The standard InChI is InChI=1S/C13H13ClN2/c1-15-9-13-11(6-4-8-16-13)10-5-2-3-7-12(10)14/h2-8,15H,9H2,1H3. The minimum Gasteiger partial charge on any atom is -0.314 e. The summed E-state index contributed by atoms with van der Waals surface area (Å²) in [4.78, 5) is 4.36. The topological polar surface area (TPSA) is 24.9 Å².